The first-order valence-corrected chi connectivity index (χ1v) is 22.4. The zero-order valence-corrected chi connectivity index (χ0v) is 35.2. The molecule has 3 heterocycles. The van der Waals surface area contributed by atoms with Gasteiger partial charge in [-0.15, -0.1) is 6.58 Å². The Balaban J connectivity index is 1.18. The van der Waals surface area contributed by atoms with Crippen molar-refractivity contribution in [3.63, 3.8) is 0 Å². The molecule has 7 unspecified atom stereocenters. The van der Waals surface area contributed by atoms with Gasteiger partial charge in [0.05, 0.1) is 11.5 Å². The van der Waals surface area contributed by atoms with E-state index in [4.69, 9.17) is 0 Å². The maximum Gasteiger partial charge on any atom is 0.303 e. The molecule has 7 rings (SSSR count). The number of hydrogen-bond donors (Lipinski definition) is 3. The van der Waals surface area contributed by atoms with E-state index < -0.39 is 74.6 Å². The third-order valence-electron chi connectivity index (χ3n) is 15.7. The smallest absolute Gasteiger partial charge is 0.303 e. The van der Waals surface area contributed by atoms with Gasteiger partial charge in [0.25, 0.3) is 5.91 Å². The fourth-order valence-corrected chi connectivity index (χ4v) is 13.1. The molecule has 4 aliphatic carbocycles. The van der Waals surface area contributed by atoms with E-state index in [-0.39, 0.29) is 40.1 Å². The van der Waals surface area contributed by atoms with Crippen LogP contribution in [0.3, 0.4) is 0 Å². The number of allylic oxidation sites excluding steroid dienone is 1. The van der Waals surface area contributed by atoms with Crippen LogP contribution in [0, 0.1) is 44.8 Å². The number of Topliss-reactive ketones (excluding diaryl/α,β-unsaturated/α-hetero) is 1. The van der Waals surface area contributed by atoms with Crippen LogP contribution in [-0.2, 0) is 29.4 Å². The van der Waals surface area contributed by atoms with Crippen molar-refractivity contribution in [3.8, 4) is 0 Å². The van der Waals surface area contributed by atoms with Gasteiger partial charge in [-0.3, -0.25) is 24.0 Å². The van der Waals surface area contributed by atoms with Crippen LogP contribution in [0.5, 0.6) is 0 Å². The summed E-state index contributed by atoms with van der Waals surface area (Å²) in [7, 11) is -4.10. The molecule has 57 heavy (non-hydrogen) atoms. The van der Waals surface area contributed by atoms with Gasteiger partial charge >= 0.3 is 10.2 Å². The van der Waals surface area contributed by atoms with Crippen LogP contribution in [0.25, 0.3) is 0 Å². The summed E-state index contributed by atoms with van der Waals surface area (Å²) < 4.78 is 34.7. The van der Waals surface area contributed by atoms with Crippen LogP contribution in [-0.4, -0.2) is 95.1 Å². The molecule has 0 radical (unpaired) electrons. The third-order valence-corrected chi connectivity index (χ3v) is 17.2. The Labute approximate surface area is 336 Å². The number of amides is 4. The number of hydrogen-bond acceptors (Lipinski definition) is 10. The average Bonchev–Trinajstić information content (AvgIpc) is 3.57. The molecule has 2 saturated heterocycles. The minimum absolute atomic E-state index is 0.0221. The van der Waals surface area contributed by atoms with Gasteiger partial charge in [-0.25, -0.2) is 9.35 Å². The number of fused-ring (bicyclic) bond motifs is 1. The Morgan fingerprint density at radius 1 is 0.965 bits per heavy atom. The van der Waals surface area contributed by atoms with Gasteiger partial charge in [-0.1, -0.05) is 78.5 Å². The Morgan fingerprint density at radius 3 is 2.16 bits per heavy atom. The Bertz CT molecular complexity index is 1890. The maximum atomic E-state index is 15.2. The quantitative estimate of drug-likeness (QED) is 0.245. The molecule has 0 aromatic carbocycles. The summed E-state index contributed by atoms with van der Waals surface area (Å²) in [4.78, 5) is 73.7. The second-order valence-corrected chi connectivity index (χ2v) is 21.2. The molecule has 16 heteroatoms. The van der Waals surface area contributed by atoms with Gasteiger partial charge in [-0.2, -0.15) is 12.7 Å². The predicted molar refractivity (Wildman–Crippen MR) is 209 cm³/mol. The Morgan fingerprint density at radius 2 is 1.63 bits per heavy atom. The van der Waals surface area contributed by atoms with Gasteiger partial charge in [-0.05, 0) is 84.6 Å². The molecule has 2 aliphatic heterocycles. The first-order chi connectivity index (χ1) is 26.8. The minimum atomic E-state index is -4.10. The first kappa shape index (κ1) is 41.5. The summed E-state index contributed by atoms with van der Waals surface area (Å²) in [6, 6.07) is -2.91. The van der Waals surface area contributed by atoms with E-state index in [1.807, 2.05) is 20.8 Å². The lowest BCUT2D eigenvalue weighted by Gasteiger charge is -2.38. The molecule has 3 N–H and O–H groups in total. The van der Waals surface area contributed by atoms with Gasteiger partial charge in [0.2, 0.25) is 17.7 Å². The summed E-state index contributed by atoms with van der Waals surface area (Å²) in [6.07, 6.45) is 12.3. The van der Waals surface area contributed by atoms with E-state index in [1.165, 1.54) is 10.5 Å². The number of ketones is 1. The minimum Gasteiger partial charge on any atom is -0.342 e. The standard InChI is InChI=1S/C41H61N7O8S/c1-8-27-21-41(27,36(53)46-57(54,55)47-19-12-13-20-47)25(2)31(49)29-22-40(38(6,7)39(40)17-14-18-39)24-48(29)35(52)32(37(3,4)5)44-34(51)30(26-15-10-9-11-16-26)43-33(50)28-23-42-56-45-28/h8,23,25-27,29-30,32H,1,9-22,24H2,2-7H3,(H,43,50)(H,44,51)(H,46,53). The van der Waals surface area contributed by atoms with Gasteiger partial charge < -0.3 is 15.5 Å². The molecule has 4 amide bonds. The largest absolute Gasteiger partial charge is 0.342 e. The fraction of sp³-hybridized carbons (Fsp3) is 0.780. The van der Waals surface area contributed by atoms with Crippen LogP contribution in [0.2, 0.25) is 0 Å². The molecule has 15 nitrogen and oxygen atoms in total. The van der Waals surface area contributed by atoms with Crippen LogP contribution < -0.4 is 15.4 Å². The van der Waals surface area contributed by atoms with E-state index in [1.54, 1.807) is 17.9 Å². The number of likely N-dealkylation sites (tertiary alicyclic amines) is 1. The highest BCUT2D eigenvalue weighted by Gasteiger charge is 2.85. The van der Waals surface area contributed by atoms with Crippen molar-refractivity contribution in [1.82, 2.24) is 34.9 Å². The first-order valence-electron chi connectivity index (χ1n) is 21.0. The van der Waals surface area contributed by atoms with Gasteiger partial charge in [0.1, 0.15) is 18.3 Å². The highest BCUT2D eigenvalue weighted by atomic mass is 32.2. The van der Waals surface area contributed by atoms with Crippen molar-refractivity contribution < 1.29 is 37.0 Å². The van der Waals surface area contributed by atoms with Gasteiger partial charge in [0.15, 0.2) is 11.5 Å². The third kappa shape index (κ3) is 6.64. The highest BCUT2D eigenvalue weighted by molar-refractivity contribution is 7.87. The highest BCUT2D eigenvalue weighted by Crippen LogP contribution is 2.88. The topological polar surface area (TPSA) is 201 Å². The lowest BCUT2D eigenvalue weighted by molar-refractivity contribution is -0.146. The number of nitrogens with one attached hydrogen (secondary N) is 3. The lowest BCUT2D eigenvalue weighted by atomic mass is 9.72. The van der Waals surface area contributed by atoms with Crippen molar-refractivity contribution in [3.05, 3.63) is 24.5 Å². The molecule has 0 bridgehead atoms. The maximum absolute atomic E-state index is 15.2. The summed E-state index contributed by atoms with van der Waals surface area (Å²) in [5, 5.41) is 13.1. The molecule has 1 aromatic rings. The van der Waals surface area contributed by atoms with E-state index in [2.05, 4.69) is 50.7 Å². The molecular weight excluding hydrogens is 751 g/mol. The van der Waals surface area contributed by atoms with Crippen LogP contribution >= 0.6 is 0 Å². The molecular formula is C41H61N7O8S. The number of rotatable bonds is 13. The van der Waals surface area contributed by atoms with E-state index in [0.717, 1.165) is 51.4 Å². The summed E-state index contributed by atoms with van der Waals surface area (Å²) >= 11 is 0. The zero-order valence-electron chi connectivity index (χ0n) is 34.4. The molecule has 6 fully saturated rings. The van der Waals surface area contributed by atoms with Crippen molar-refractivity contribution >= 4 is 39.6 Å². The predicted octanol–water partition coefficient (Wildman–Crippen LogP) is 3.93. The molecule has 1 aromatic heterocycles. The molecule has 4 saturated carbocycles. The van der Waals surface area contributed by atoms with Crippen LogP contribution in [0.4, 0.5) is 0 Å². The fourth-order valence-electron chi connectivity index (χ4n) is 11.8. The summed E-state index contributed by atoms with van der Waals surface area (Å²) in [5.74, 6) is -4.00. The number of carbonyl (C=O) groups excluding carboxylic acids is 5. The monoisotopic (exact) mass is 811 g/mol. The van der Waals surface area contributed by atoms with Gasteiger partial charge in [0, 0.05) is 31.0 Å². The van der Waals surface area contributed by atoms with E-state index >= 15 is 9.59 Å². The van der Waals surface area contributed by atoms with Crippen molar-refractivity contribution in [2.24, 2.45) is 44.8 Å². The number of aromatic nitrogens is 2. The van der Waals surface area contributed by atoms with Crippen molar-refractivity contribution in [1.29, 1.82) is 0 Å². The van der Waals surface area contributed by atoms with Crippen LogP contribution in [0.15, 0.2) is 23.5 Å². The molecule has 7 atom stereocenters. The normalized spacial score (nSPS) is 30.9. The summed E-state index contributed by atoms with van der Waals surface area (Å²) in [6.45, 7) is 16.6. The van der Waals surface area contributed by atoms with E-state index in [0.29, 0.717) is 38.9 Å². The van der Waals surface area contributed by atoms with Crippen molar-refractivity contribution in [2.45, 2.75) is 137 Å². The Kier molecular flexibility index (Phi) is 10.6. The lowest BCUT2D eigenvalue weighted by Crippen LogP contribution is -2.61. The molecule has 2 spiro atoms. The second kappa shape index (κ2) is 14.6. The number of nitrogens with zero attached hydrogens (tertiary/aromatic N) is 4. The van der Waals surface area contributed by atoms with Crippen LogP contribution in [0.1, 0.15) is 129 Å². The molecule has 314 valence electrons. The average molecular weight is 812 g/mol. The summed E-state index contributed by atoms with van der Waals surface area (Å²) in [5.41, 5.74) is -2.69. The van der Waals surface area contributed by atoms with E-state index in [9.17, 15) is 22.8 Å². The second-order valence-electron chi connectivity index (χ2n) is 19.5. The number of carbonyl (C=O) groups is 5. The molecule has 6 aliphatic rings. The van der Waals surface area contributed by atoms with Crippen molar-refractivity contribution in [2.75, 3.05) is 19.6 Å². The zero-order chi connectivity index (χ0) is 41.3. The Hall–Kier alpha value is -3.66. The SMILES string of the molecule is C=CC1CC1(C(=O)NS(=O)(=O)N1CCCC1)C(C)C(=O)C1CC2(CN1C(=O)C(NC(=O)C(NC(=O)c1cnon1)C1CCCCC1)C(C)(C)C)C(C)(C)C21CCC1.